The Labute approximate surface area is 136 Å². The highest BCUT2D eigenvalue weighted by molar-refractivity contribution is 6.35. The zero-order chi connectivity index (χ0) is 15.1. The molecule has 0 aliphatic carbocycles. The van der Waals surface area contributed by atoms with Crippen LogP contribution in [0.1, 0.15) is 18.1 Å². The fourth-order valence-corrected chi connectivity index (χ4v) is 2.55. The number of halogens is 2. The lowest BCUT2D eigenvalue weighted by molar-refractivity contribution is 0.305. The molecule has 0 unspecified atom stereocenters. The number of nitrogens with one attached hydrogen (secondary N) is 1. The third-order valence-electron chi connectivity index (χ3n) is 3.22. The van der Waals surface area contributed by atoms with Gasteiger partial charge >= 0.3 is 0 Å². The summed E-state index contributed by atoms with van der Waals surface area (Å²) in [6.45, 7) is 4.56. The number of benzene rings is 2. The molecule has 0 spiro atoms. The van der Waals surface area contributed by atoms with E-state index in [2.05, 4.69) is 30.4 Å². The van der Waals surface area contributed by atoms with E-state index >= 15 is 0 Å². The van der Waals surface area contributed by atoms with Gasteiger partial charge < -0.3 is 10.1 Å². The zero-order valence-corrected chi connectivity index (χ0v) is 13.5. The summed E-state index contributed by atoms with van der Waals surface area (Å²) in [5.41, 5.74) is 2.48. The van der Waals surface area contributed by atoms with Gasteiger partial charge in [-0.15, -0.1) is 0 Å². The molecule has 2 aromatic carbocycles. The summed E-state index contributed by atoms with van der Waals surface area (Å²) in [6.07, 6.45) is 0.988. The van der Waals surface area contributed by atoms with Crippen molar-refractivity contribution in [1.82, 2.24) is 5.32 Å². The lowest BCUT2D eigenvalue weighted by Gasteiger charge is -2.12. The van der Waals surface area contributed by atoms with Crippen molar-refractivity contribution in [3.63, 3.8) is 0 Å². The van der Waals surface area contributed by atoms with Crippen molar-refractivity contribution in [2.75, 3.05) is 13.1 Å². The molecule has 2 aromatic rings. The second-order valence-electron chi connectivity index (χ2n) is 4.74. The fourth-order valence-electron chi connectivity index (χ4n) is 2.09. The summed E-state index contributed by atoms with van der Waals surface area (Å²) in [5, 5.41) is 4.48. The van der Waals surface area contributed by atoms with Crippen LogP contribution in [0.4, 0.5) is 0 Å². The van der Waals surface area contributed by atoms with E-state index in [0.717, 1.165) is 19.5 Å². The van der Waals surface area contributed by atoms with E-state index in [-0.39, 0.29) is 0 Å². The Kier molecular flexibility index (Phi) is 6.37. The highest BCUT2D eigenvalue weighted by Crippen LogP contribution is 2.28. The molecule has 0 aliphatic heterocycles. The Balaban J connectivity index is 2.02. The van der Waals surface area contributed by atoms with E-state index in [9.17, 15) is 0 Å². The molecular formula is C17H19Cl2NO. The lowest BCUT2D eigenvalue weighted by Crippen LogP contribution is -2.17. The first-order valence-electron chi connectivity index (χ1n) is 7.06. The van der Waals surface area contributed by atoms with Crippen molar-refractivity contribution in [3.05, 3.63) is 63.6 Å². The Hall–Kier alpha value is -1.22. The van der Waals surface area contributed by atoms with E-state index in [1.807, 2.05) is 6.07 Å². The van der Waals surface area contributed by atoms with Gasteiger partial charge in [-0.25, -0.2) is 0 Å². The van der Waals surface area contributed by atoms with E-state index < -0.39 is 0 Å². The van der Waals surface area contributed by atoms with Crippen LogP contribution in [0.25, 0.3) is 0 Å². The van der Waals surface area contributed by atoms with E-state index in [1.54, 1.807) is 18.2 Å². The zero-order valence-electron chi connectivity index (χ0n) is 12.0. The van der Waals surface area contributed by atoms with Crippen molar-refractivity contribution >= 4 is 23.2 Å². The van der Waals surface area contributed by atoms with Crippen LogP contribution in [0.5, 0.6) is 5.75 Å². The quantitative estimate of drug-likeness (QED) is 0.744. The Morgan fingerprint density at radius 1 is 1.05 bits per heavy atom. The Bertz CT molecular complexity index is 587. The highest BCUT2D eigenvalue weighted by Gasteiger charge is 2.06. The Morgan fingerprint density at radius 2 is 1.81 bits per heavy atom. The third-order valence-corrected chi connectivity index (χ3v) is 3.75. The lowest BCUT2D eigenvalue weighted by atomic mass is 10.1. The van der Waals surface area contributed by atoms with Gasteiger partial charge in [-0.3, -0.25) is 0 Å². The molecule has 2 nitrogen and oxygen atoms in total. The molecular weight excluding hydrogens is 305 g/mol. The van der Waals surface area contributed by atoms with Crippen LogP contribution >= 0.6 is 23.2 Å². The number of hydrogen-bond donors (Lipinski definition) is 1. The van der Waals surface area contributed by atoms with Gasteiger partial charge in [-0.2, -0.15) is 0 Å². The average molecular weight is 324 g/mol. The van der Waals surface area contributed by atoms with Gasteiger partial charge in [0.2, 0.25) is 0 Å². The maximum atomic E-state index is 6.12. The first-order valence-corrected chi connectivity index (χ1v) is 7.81. The molecule has 21 heavy (non-hydrogen) atoms. The number of rotatable bonds is 7. The first kappa shape index (κ1) is 16.2. The molecule has 112 valence electrons. The van der Waals surface area contributed by atoms with Gasteiger partial charge in [-0.05, 0) is 48.8 Å². The smallest absolute Gasteiger partial charge is 0.138 e. The van der Waals surface area contributed by atoms with Crippen LogP contribution in [-0.4, -0.2) is 13.1 Å². The summed E-state index contributed by atoms with van der Waals surface area (Å²) >= 11 is 12.0. The molecule has 4 heteroatoms. The van der Waals surface area contributed by atoms with Crippen molar-refractivity contribution in [3.8, 4) is 5.75 Å². The Morgan fingerprint density at radius 3 is 2.52 bits per heavy atom. The predicted molar refractivity (Wildman–Crippen MR) is 89.5 cm³/mol. The normalized spacial score (nSPS) is 10.6. The van der Waals surface area contributed by atoms with Gasteiger partial charge in [-0.1, -0.05) is 54.4 Å². The summed E-state index contributed by atoms with van der Waals surface area (Å²) in [4.78, 5) is 0. The van der Waals surface area contributed by atoms with Crippen LogP contribution in [0.3, 0.4) is 0 Å². The van der Waals surface area contributed by atoms with Crippen LogP contribution < -0.4 is 10.1 Å². The van der Waals surface area contributed by atoms with E-state index in [1.165, 1.54) is 11.1 Å². The molecule has 1 N–H and O–H groups in total. The second-order valence-corrected chi connectivity index (χ2v) is 5.58. The molecule has 0 aliphatic rings. The van der Waals surface area contributed by atoms with Crippen LogP contribution in [0.2, 0.25) is 10.0 Å². The number of likely N-dealkylation sites (N-methyl/N-ethyl adjacent to an activating group) is 1. The molecule has 0 radical (unpaired) electrons. The van der Waals surface area contributed by atoms with Gasteiger partial charge in [0.1, 0.15) is 12.4 Å². The topological polar surface area (TPSA) is 21.3 Å². The molecule has 0 amide bonds. The van der Waals surface area contributed by atoms with Gasteiger partial charge in [0.05, 0.1) is 5.02 Å². The summed E-state index contributed by atoms with van der Waals surface area (Å²) in [6, 6.07) is 13.6. The first-order chi connectivity index (χ1) is 10.2. The molecule has 2 rings (SSSR count). The third kappa shape index (κ3) is 4.92. The maximum absolute atomic E-state index is 6.12. The summed E-state index contributed by atoms with van der Waals surface area (Å²) in [5.74, 6) is 0.655. The molecule has 0 saturated heterocycles. The van der Waals surface area contributed by atoms with Crippen LogP contribution in [-0.2, 0) is 13.0 Å². The highest BCUT2D eigenvalue weighted by atomic mass is 35.5. The van der Waals surface area contributed by atoms with Crippen LogP contribution in [0, 0.1) is 0 Å². The van der Waals surface area contributed by atoms with Gasteiger partial charge in [0.25, 0.3) is 0 Å². The minimum Gasteiger partial charge on any atom is -0.487 e. The van der Waals surface area contributed by atoms with Crippen molar-refractivity contribution in [2.45, 2.75) is 20.0 Å². The molecule has 0 aromatic heterocycles. The minimum atomic E-state index is 0.504. The van der Waals surface area contributed by atoms with Gasteiger partial charge in [0.15, 0.2) is 0 Å². The number of hydrogen-bond acceptors (Lipinski definition) is 2. The summed E-state index contributed by atoms with van der Waals surface area (Å²) in [7, 11) is 0. The second kappa shape index (κ2) is 8.28. The molecule has 0 bridgehead atoms. The largest absolute Gasteiger partial charge is 0.487 e. The van der Waals surface area contributed by atoms with Gasteiger partial charge in [0, 0.05) is 5.02 Å². The number of ether oxygens (including phenoxy) is 1. The van der Waals surface area contributed by atoms with Crippen molar-refractivity contribution in [2.24, 2.45) is 0 Å². The fraction of sp³-hybridized carbons (Fsp3) is 0.294. The molecule has 0 saturated carbocycles. The monoisotopic (exact) mass is 323 g/mol. The van der Waals surface area contributed by atoms with E-state index in [4.69, 9.17) is 27.9 Å². The predicted octanol–water partition coefficient (Wildman–Crippen LogP) is 4.72. The minimum absolute atomic E-state index is 0.504. The van der Waals surface area contributed by atoms with Crippen molar-refractivity contribution < 1.29 is 4.74 Å². The average Bonchev–Trinajstić information content (AvgIpc) is 2.48. The molecule has 0 atom stereocenters. The molecule has 0 fully saturated rings. The van der Waals surface area contributed by atoms with Crippen molar-refractivity contribution in [1.29, 1.82) is 0 Å². The standard InChI is InChI=1S/C17H19Cl2NO/c1-2-20-10-9-13-5-3-4-6-14(13)12-21-17-8-7-15(18)11-16(17)19/h3-8,11,20H,2,9-10,12H2,1H3. The maximum Gasteiger partial charge on any atom is 0.138 e. The molecule has 0 heterocycles. The SMILES string of the molecule is CCNCCc1ccccc1COc1ccc(Cl)cc1Cl. The van der Waals surface area contributed by atoms with E-state index in [0.29, 0.717) is 22.4 Å². The summed E-state index contributed by atoms with van der Waals surface area (Å²) < 4.78 is 5.81. The van der Waals surface area contributed by atoms with Crippen LogP contribution in [0.15, 0.2) is 42.5 Å².